The predicted molar refractivity (Wildman–Crippen MR) is 177 cm³/mol. The van der Waals surface area contributed by atoms with E-state index in [0.717, 1.165) is 10.5 Å². The standard InChI is InChI=1S/C34H32ClN3O5S/c1-21-18-28(31(43-4)20-27(21)35)37-32(39)22(2)44-26-16-14-25(15-17-26)36-34(41)29(19-24-12-8-9-13-30(24)42-3)38-33(40)23-10-6-5-7-11-23/h5-20,22H,1-4H3,(H,36,41)(H,37,39)(H,38,40)/b29-19-. The molecular formula is C34H32ClN3O5S. The first-order valence-corrected chi connectivity index (χ1v) is 14.9. The number of hydrogen-bond acceptors (Lipinski definition) is 6. The Labute approximate surface area is 265 Å². The molecule has 10 heteroatoms. The number of anilines is 2. The van der Waals surface area contributed by atoms with Crippen LogP contribution in [0.5, 0.6) is 11.5 Å². The Morgan fingerprint density at radius 2 is 1.50 bits per heavy atom. The Hall–Kier alpha value is -4.73. The van der Waals surface area contributed by atoms with Crippen LogP contribution in [-0.4, -0.2) is 37.2 Å². The van der Waals surface area contributed by atoms with Gasteiger partial charge in [-0.05, 0) is 74.0 Å². The molecule has 0 aliphatic heterocycles. The summed E-state index contributed by atoms with van der Waals surface area (Å²) in [7, 11) is 3.05. The lowest BCUT2D eigenvalue weighted by molar-refractivity contribution is -0.115. The normalized spacial score (nSPS) is 11.7. The highest BCUT2D eigenvalue weighted by Gasteiger charge is 2.19. The van der Waals surface area contributed by atoms with Crippen molar-refractivity contribution in [2.75, 3.05) is 24.9 Å². The lowest BCUT2D eigenvalue weighted by Crippen LogP contribution is -2.30. The van der Waals surface area contributed by atoms with E-state index in [1.165, 1.54) is 26.0 Å². The van der Waals surface area contributed by atoms with Gasteiger partial charge in [0, 0.05) is 32.8 Å². The molecule has 0 aliphatic rings. The summed E-state index contributed by atoms with van der Waals surface area (Å²) in [5.41, 5.74) is 2.95. The largest absolute Gasteiger partial charge is 0.496 e. The summed E-state index contributed by atoms with van der Waals surface area (Å²) < 4.78 is 10.8. The molecule has 1 unspecified atom stereocenters. The third kappa shape index (κ3) is 8.43. The second-order valence-electron chi connectivity index (χ2n) is 9.65. The Bertz CT molecular complexity index is 1680. The molecular weight excluding hydrogens is 598 g/mol. The molecule has 44 heavy (non-hydrogen) atoms. The van der Waals surface area contributed by atoms with E-state index in [-0.39, 0.29) is 11.6 Å². The first-order valence-electron chi connectivity index (χ1n) is 13.6. The van der Waals surface area contributed by atoms with Crippen LogP contribution in [0.25, 0.3) is 6.08 Å². The molecule has 0 fully saturated rings. The van der Waals surface area contributed by atoms with Gasteiger partial charge in [-0.15, -0.1) is 11.8 Å². The number of hydrogen-bond donors (Lipinski definition) is 3. The number of ether oxygens (including phenoxy) is 2. The van der Waals surface area contributed by atoms with Gasteiger partial charge < -0.3 is 25.4 Å². The third-order valence-corrected chi connectivity index (χ3v) is 8.02. The van der Waals surface area contributed by atoms with E-state index in [4.69, 9.17) is 21.1 Å². The maximum absolute atomic E-state index is 13.4. The van der Waals surface area contributed by atoms with Crippen molar-refractivity contribution in [1.29, 1.82) is 0 Å². The number of rotatable bonds is 11. The van der Waals surface area contributed by atoms with E-state index in [1.54, 1.807) is 73.7 Å². The summed E-state index contributed by atoms with van der Waals surface area (Å²) in [6, 6.07) is 26.3. The van der Waals surface area contributed by atoms with Crippen LogP contribution >= 0.6 is 23.4 Å². The van der Waals surface area contributed by atoms with Crippen LogP contribution in [0.3, 0.4) is 0 Å². The molecule has 0 bridgehead atoms. The van der Waals surface area contributed by atoms with Gasteiger partial charge in [-0.1, -0.05) is 48.0 Å². The van der Waals surface area contributed by atoms with E-state index < -0.39 is 17.1 Å². The van der Waals surface area contributed by atoms with E-state index in [2.05, 4.69) is 16.0 Å². The van der Waals surface area contributed by atoms with Crippen LogP contribution in [0.1, 0.15) is 28.4 Å². The number of para-hydroxylation sites is 1. The summed E-state index contributed by atoms with van der Waals surface area (Å²) in [5.74, 6) is -0.109. The lowest BCUT2D eigenvalue weighted by Gasteiger charge is -2.16. The highest BCUT2D eigenvalue weighted by Crippen LogP contribution is 2.32. The number of carbonyl (C=O) groups excluding carboxylic acids is 3. The van der Waals surface area contributed by atoms with Crippen molar-refractivity contribution in [1.82, 2.24) is 5.32 Å². The van der Waals surface area contributed by atoms with Crippen molar-refractivity contribution in [3.63, 3.8) is 0 Å². The van der Waals surface area contributed by atoms with Crippen LogP contribution in [0.2, 0.25) is 5.02 Å². The fourth-order valence-electron chi connectivity index (χ4n) is 4.12. The van der Waals surface area contributed by atoms with Gasteiger partial charge in [0.25, 0.3) is 11.8 Å². The quantitative estimate of drug-likeness (QED) is 0.120. The second-order valence-corrected chi connectivity index (χ2v) is 11.5. The van der Waals surface area contributed by atoms with Gasteiger partial charge >= 0.3 is 0 Å². The van der Waals surface area contributed by atoms with Crippen LogP contribution < -0.4 is 25.4 Å². The molecule has 0 radical (unpaired) electrons. The number of thioether (sulfide) groups is 1. The molecule has 4 aromatic rings. The van der Waals surface area contributed by atoms with E-state index in [9.17, 15) is 14.4 Å². The number of benzene rings is 4. The van der Waals surface area contributed by atoms with Crippen LogP contribution in [0, 0.1) is 6.92 Å². The van der Waals surface area contributed by atoms with Gasteiger partial charge in [0.15, 0.2) is 0 Å². The van der Waals surface area contributed by atoms with Gasteiger partial charge in [-0.25, -0.2) is 0 Å². The first-order chi connectivity index (χ1) is 21.2. The van der Waals surface area contributed by atoms with Crippen LogP contribution in [-0.2, 0) is 9.59 Å². The Balaban J connectivity index is 1.45. The molecule has 0 aromatic heterocycles. The summed E-state index contributed by atoms with van der Waals surface area (Å²) in [5, 5.41) is 8.59. The van der Waals surface area contributed by atoms with Crippen LogP contribution in [0.4, 0.5) is 11.4 Å². The highest BCUT2D eigenvalue weighted by atomic mass is 35.5. The number of nitrogens with one attached hydrogen (secondary N) is 3. The van der Waals surface area contributed by atoms with Gasteiger partial charge in [0.2, 0.25) is 5.91 Å². The molecule has 4 aromatic carbocycles. The fraction of sp³-hybridized carbons (Fsp3) is 0.147. The number of methoxy groups -OCH3 is 2. The van der Waals surface area contributed by atoms with E-state index in [1.807, 2.05) is 37.3 Å². The first kappa shape index (κ1) is 32.2. The maximum atomic E-state index is 13.4. The zero-order valence-electron chi connectivity index (χ0n) is 24.6. The summed E-state index contributed by atoms with van der Waals surface area (Å²) in [4.78, 5) is 40.1. The SMILES string of the molecule is COc1ccccc1/C=C(\NC(=O)c1ccccc1)C(=O)Nc1ccc(SC(C)C(=O)Nc2cc(C)c(Cl)cc2OC)cc1. The minimum atomic E-state index is -0.513. The topological polar surface area (TPSA) is 106 Å². The molecule has 0 aliphatic carbocycles. The number of halogens is 1. The Morgan fingerprint density at radius 1 is 0.841 bits per heavy atom. The summed E-state index contributed by atoms with van der Waals surface area (Å²) >= 11 is 7.54. The Morgan fingerprint density at radius 3 is 2.18 bits per heavy atom. The summed E-state index contributed by atoms with van der Waals surface area (Å²) in [6.07, 6.45) is 1.57. The average Bonchev–Trinajstić information content (AvgIpc) is 3.03. The van der Waals surface area contributed by atoms with Crippen LogP contribution in [0.15, 0.2) is 102 Å². The zero-order valence-corrected chi connectivity index (χ0v) is 26.2. The Kier molecular flexibility index (Phi) is 11.1. The van der Waals surface area contributed by atoms with Gasteiger partial charge in [-0.3, -0.25) is 14.4 Å². The molecule has 0 heterocycles. The van der Waals surface area contributed by atoms with Crippen molar-refractivity contribution in [2.45, 2.75) is 24.0 Å². The summed E-state index contributed by atoms with van der Waals surface area (Å²) in [6.45, 7) is 3.65. The third-order valence-electron chi connectivity index (χ3n) is 6.50. The zero-order chi connectivity index (χ0) is 31.6. The molecule has 1 atom stereocenters. The second kappa shape index (κ2) is 15.1. The minimum absolute atomic E-state index is 0.0416. The monoisotopic (exact) mass is 629 g/mol. The highest BCUT2D eigenvalue weighted by molar-refractivity contribution is 8.00. The molecule has 8 nitrogen and oxygen atoms in total. The van der Waals surface area contributed by atoms with E-state index >= 15 is 0 Å². The van der Waals surface area contributed by atoms with Crippen molar-refractivity contribution >= 4 is 58.5 Å². The molecule has 0 spiro atoms. The average molecular weight is 630 g/mol. The van der Waals surface area contributed by atoms with Gasteiger partial charge in [-0.2, -0.15) is 0 Å². The van der Waals surface area contributed by atoms with E-state index in [0.29, 0.717) is 39.0 Å². The van der Waals surface area contributed by atoms with Crippen molar-refractivity contribution in [3.8, 4) is 11.5 Å². The fourth-order valence-corrected chi connectivity index (χ4v) is 5.14. The van der Waals surface area contributed by atoms with Crippen molar-refractivity contribution in [3.05, 3.63) is 118 Å². The van der Waals surface area contributed by atoms with Crippen molar-refractivity contribution < 1.29 is 23.9 Å². The van der Waals surface area contributed by atoms with Gasteiger partial charge in [0.1, 0.15) is 17.2 Å². The molecule has 0 saturated carbocycles. The van der Waals surface area contributed by atoms with Gasteiger partial charge in [0.05, 0.1) is 25.2 Å². The molecule has 0 saturated heterocycles. The number of amides is 3. The molecule has 4 rings (SSSR count). The maximum Gasteiger partial charge on any atom is 0.272 e. The predicted octanol–water partition coefficient (Wildman–Crippen LogP) is 7.19. The number of carbonyl (C=O) groups is 3. The molecule has 3 N–H and O–H groups in total. The lowest BCUT2D eigenvalue weighted by atomic mass is 10.1. The molecule has 226 valence electrons. The smallest absolute Gasteiger partial charge is 0.272 e. The molecule has 3 amide bonds. The number of aryl methyl sites for hydroxylation is 1. The van der Waals surface area contributed by atoms with Crippen molar-refractivity contribution in [2.24, 2.45) is 0 Å². The minimum Gasteiger partial charge on any atom is -0.496 e.